The molecule has 1 aromatic heterocycles. The first kappa shape index (κ1) is 16.1. The standard InChI is InChI=1S/C18H23NO3/c1-6-21-17(20)18(4,5)22-16-11-9-15(10-12-16)19-13(2)7-8-14(19)3/h7-12H,6H2,1-5H3. The normalized spacial score (nSPS) is 11.3. The first-order valence-electron chi connectivity index (χ1n) is 7.47. The zero-order chi connectivity index (χ0) is 16.3. The molecule has 0 N–H and O–H groups in total. The van der Waals surface area contributed by atoms with Crippen LogP contribution in [0, 0.1) is 13.8 Å². The molecule has 0 saturated heterocycles. The van der Waals surface area contributed by atoms with Crippen molar-refractivity contribution in [1.29, 1.82) is 0 Å². The van der Waals surface area contributed by atoms with Crippen LogP contribution in [0.5, 0.6) is 5.75 Å². The number of rotatable bonds is 5. The van der Waals surface area contributed by atoms with E-state index in [9.17, 15) is 4.79 Å². The summed E-state index contributed by atoms with van der Waals surface area (Å²) in [5.74, 6) is 0.278. The second-order valence-electron chi connectivity index (χ2n) is 5.78. The smallest absolute Gasteiger partial charge is 0.349 e. The van der Waals surface area contributed by atoms with Crippen molar-refractivity contribution in [3.8, 4) is 11.4 Å². The zero-order valence-corrected chi connectivity index (χ0v) is 13.8. The van der Waals surface area contributed by atoms with Gasteiger partial charge in [-0.3, -0.25) is 0 Å². The van der Waals surface area contributed by atoms with Gasteiger partial charge in [0.2, 0.25) is 0 Å². The van der Waals surface area contributed by atoms with Crippen molar-refractivity contribution in [2.75, 3.05) is 6.61 Å². The summed E-state index contributed by atoms with van der Waals surface area (Å²) in [6.07, 6.45) is 0. The number of hydrogen-bond donors (Lipinski definition) is 0. The number of aryl methyl sites for hydroxylation is 2. The minimum atomic E-state index is -1.00. The van der Waals surface area contributed by atoms with E-state index in [2.05, 4.69) is 30.5 Å². The van der Waals surface area contributed by atoms with E-state index in [1.165, 1.54) is 11.4 Å². The molecule has 0 fully saturated rings. The molecule has 0 atom stereocenters. The molecule has 22 heavy (non-hydrogen) atoms. The molecule has 0 unspecified atom stereocenters. The van der Waals surface area contributed by atoms with Gasteiger partial charge >= 0.3 is 5.97 Å². The Bertz CT molecular complexity index is 634. The molecule has 0 radical (unpaired) electrons. The van der Waals surface area contributed by atoms with Gasteiger partial charge < -0.3 is 14.0 Å². The van der Waals surface area contributed by atoms with Gasteiger partial charge in [0.1, 0.15) is 5.75 Å². The summed E-state index contributed by atoms with van der Waals surface area (Å²) < 4.78 is 13.0. The second-order valence-corrected chi connectivity index (χ2v) is 5.78. The summed E-state index contributed by atoms with van der Waals surface area (Å²) in [5, 5.41) is 0. The average molecular weight is 301 g/mol. The lowest BCUT2D eigenvalue weighted by Gasteiger charge is -2.24. The van der Waals surface area contributed by atoms with E-state index in [-0.39, 0.29) is 5.97 Å². The third-order valence-corrected chi connectivity index (χ3v) is 3.51. The number of carbonyl (C=O) groups is 1. The van der Waals surface area contributed by atoms with Crippen LogP contribution in [0.15, 0.2) is 36.4 Å². The predicted molar refractivity (Wildman–Crippen MR) is 86.6 cm³/mol. The summed E-state index contributed by atoms with van der Waals surface area (Å²) >= 11 is 0. The Kier molecular flexibility index (Phi) is 4.59. The van der Waals surface area contributed by atoms with Gasteiger partial charge in [0.25, 0.3) is 0 Å². The molecule has 4 heteroatoms. The van der Waals surface area contributed by atoms with Gasteiger partial charge in [-0.15, -0.1) is 0 Å². The van der Waals surface area contributed by atoms with Gasteiger partial charge in [-0.1, -0.05) is 0 Å². The SMILES string of the molecule is CCOC(=O)C(C)(C)Oc1ccc(-n2c(C)ccc2C)cc1. The first-order valence-corrected chi connectivity index (χ1v) is 7.47. The number of hydrogen-bond acceptors (Lipinski definition) is 3. The third kappa shape index (κ3) is 3.32. The summed E-state index contributed by atoms with van der Waals surface area (Å²) in [4.78, 5) is 11.9. The lowest BCUT2D eigenvalue weighted by atomic mass is 10.1. The molecule has 0 saturated carbocycles. The molecule has 0 aliphatic heterocycles. The van der Waals surface area contributed by atoms with Crippen molar-refractivity contribution >= 4 is 5.97 Å². The molecule has 0 aliphatic carbocycles. The van der Waals surface area contributed by atoms with Crippen LogP contribution in [0.1, 0.15) is 32.2 Å². The van der Waals surface area contributed by atoms with E-state index in [4.69, 9.17) is 9.47 Å². The van der Waals surface area contributed by atoms with Gasteiger partial charge in [-0.25, -0.2) is 4.79 Å². The van der Waals surface area contributed by atoms with Crippen LogP contribution >= 0.6 is 0 Å². The van der Waals surface area contributed by atoms with E-state index in [1.807, 2.05) is 24.3 Å². The second kappa shape index (κ2) is 6.26. The van der Waals surface area contributed by atoms with Gasteiger partial charge in [-0.2, -0.15) is 0 Å². The van der Waals surface area contributed by atoms with Gasteiger partial charge in [0.05, 0.1) is 6.61 Å². The van der Waals surface area contributed by atoms with Crippen molar-refractivity contribution in [3.05, 3.63) is 47.8 Å². The Hall–Kier alpha value is -2.23. The Morgan fingerprint density at radius 2 is 1.59 bits per heavy atom. The lowest BCUT2D eigenvalue weighted by molar-refractivity contribution is -0.158. The number of esters is 1. The molecule has 2 aromatic rings. The van der Waals surface area contributed by atoms with Crippen LogP contribution in [0.4, 0.5) is 0 Å². The fourth-order valence-corrected chi connectivity index (χ4v) is 2.38. The molecule has 0 bridgehead atoms. The average Bonchev–Trinajstić information content (AvgIpc) is 2.79. The highest BCUT2D eigenvalue weighted by Crippen LogP contribution is 2.23. The van der Waals surface area contributed by atoms with E-state index in [1.54, 1.807) is 20.8 Å². The number of nitrogens with zero attached hydrogens (tertiary/aromatic N) is 1. The highest BCUT2D eigenvalue weighted by Gasteiger charge is 2.31. The van der Waals surface area contributed by atoms with Crippen molar-refractivity contribution in [2.24, 2.45) is 0 Å². The fraction of sp³-hybridized carbons (Fsp3) is 0.389. The molecule has 0 spiro atoms. The molecular weight excluding hydrogens is 278 g/mol. The van der Waals surface area contributed by atoms with Gasteiger partial charge in [0.15, 0.2) is 5.60 Å². The maximum Gasteiger partial charge on any atom is 0.349 e. The summed E-state index contributed by atoms with van der Waals surface area (Å²) in [6.45, 7) is 9.68. The number of benzene rings is 1. The minimum Gasteiger partial charge on any atom is -0.476 e. The van der Waals surface area contributed by atoms with Gasteiger partial charge in [-0.05, 0) is 71.0 Å². The predicted octanol–water partition coefficient (Wildman–Crippen LogP) is 3.81. The van der Waals surface area contributed by atoms with E-state index in [0.29, 0.717) is 12.4 Å². The fourth-order valence-electron chi connectivity index (χ4n) is 2.38. The Labute approximate surface area is 131 Å². The molecule has 0 amide bonds. The van der Waals surface area contributed by atoms with E-state index >= 15 is 0 Å². The van der Waals surface area contributed by atoms with Crippen molar-refractivity contribution in [2.45, 2.75) is 40.2 Å². The quantitative estimate of drug-likeness (QED) is 0.788. The largest absolute Gasteiger partial charge is 0.476 e. The number of aromatic nitrogens is 1. The van der Waals surface area contributed by atoms with Crippen molar-refractivity contribution in [3.63, 3.8) is 0 Å². The molecule has 2 rings (SSSR count). The van der Waals surface area contributed by atoms with Crippen LogP contribution in [0.2, 0.25) is 0 Å². The maximum absolute atomic E-state index is 11.9. The number of ether oxygens (including phenoxy) is 2. The van der Waals surface area contributed by atoms with Crippen LogP contribution in [-0.4, -0.2) is 22.7 Å². The summed E-state index contributed by atoms with van der Waals surface area (Å²) in [6, 6.07) is 11.9. The highest BCUT2D eigenvalue weighted by molar-refractivity contribution is 5.79. The molecule has 0 aliphatic rings. The van der Waals surface area contributed by atoms with Gasteiger partial charge in [0, 0.05) is 17.1 Å². The molecule has 1 aromatic carbocycles. The number of carbonyl (C=O) groups excluding carboxylic acids is 1. The maximum atomic E-state index is 11.9. The lowest BCUT2D eigenvalue weighted by Crippen LogP contribution is -2.39. The van der Waals surface area contributed by atoms with Crippen LogP contribution < -0.4 is 4.74 Å². The van der Waals surface area contributed by atoms with Crippen molar-refractivity contribution < 1.29 is 14.3 Å². The van der Waals surface area contributed by atoms with E-state index in [0.717, 1.165) is 5.69 Å². The zero-order valence-electron chi connectivity index (χ0n) is 13.8. The third-order valence-electron chi connectivity index (χ3n) is 3.51. The molecular formula is C18H23NO3. The van der Waals surface area contributed by atoms with Crippen LogP contribution in [0.25, 0.3) is 5.69 Å². The molecule has 1 heterocycles. The molecule has 4 nitrogen and oxygen atoms in total. The monoisotopic (exact) mass is 301 g/mol. The topological polar surface area (TPSA) is 40.5 Å². The first-order chi connectivity index (χ1) is 10.3. The Morgan fingerprint density at radius 3 is 2.09 bits per heavy atom. The Morgan fingerprint density at radius 1 is 1.05 bits per heavy atom. The van der Waals surface area contributed by atoms with Crippen LogP contribution in [-0.2, 0) is 9.53 Å². The van der Waals surface area contributed by atoms with E-state index < -0.39 is 5.60 Å². The van der Waals surface area contributed by atoms with Crippen molar-refractivity contribution in [1.82, 2.24) is 4.57 Å². The highest BCUT2D eigenvalue weighted by atomic mass is 16.6. The summed E-state index contributed by atoms with van der Waals surface area (Å²) in [5.41, 5.74) is 2.42. The minimum absolute atomic E-state index is 0.344. The van der Waals surface area contributed by atoms with Crippen LogP contribution in [0.3, 0.4) is 0 Å². The molecule has 118 valence electrons. The summed E-state index contributed by atoms with van der Waals surface area (Å²) in [7, 11) is 0. The Balaban J connectivity index is 2.18.